The maximum atomic E-state index is 4.22. The summed E-state index contributed by atoms with van der Waals surface area (Å²) in [7, 11) is 1.93. The molecule has 16 heavy (non-hydrogen) atoms. The summed E-state index contributed by atoms with van der Waals surface area (Å²) < 4.78 is 1.82. The van der Waals surface area contributed by atoms with E-state index in [-0.39, 0.29) is 11.1 Å². The molecule has 1 N–H and O–H groups in total. The number of nitrogens with one attached hydrogen (secondary N) is 1. The first kappa shape index (κ1) is 13.0. The number of hydrazine groups is 1. The molecule has 0 saturated heterocycles. The van der Waals surface area contributed by atoms with Crippen LogP contribution in [0.15, 0.2) is 12.4 Å². The number of rotatable bonds is 2. The van der Waals surface area contributed by atoms with Crippen molar-refractivity contribution in [2.45, 2.75) is 52.6 Å². The van der Waals surface area contributed by atoms with Crippen LogP contribution >= 0.6 is 0 Å². The van der Waals surface area contributed by atoms with Gasteiger partial charge in [0.25, 0.3) is 0 Å². The van der Waals surface area contributed by atoms with E-state index in [0.29, 0.717) is 0 Å². The van der Waals surface area contributed by atoms with Gasteiger partial charge in [-0.3, -0.25) is 9.69 Å². The molecule has 0 unspecified atom stereocenters. The van der Waals surface area contributed by atoms with Gasteiger partial charge in [-0.2, -0.15) is 5.10 Å². The maximum absolute atomic E-state index is 4.22. The number of aryl methyl sites for hydroxylation is 1. The van der Waals surface area contributed by atoms with Crippen molar-refractivity contribution in [2.75, 3.05) is 5.01 Å². The molecule has 1 aromatic heterocycles. The van der Waals surface area contributed by atoms with Crippen molar-refractivity contribution in [3.63, 3.8) is 0 Å². The third-order valence-corrected chi connectivity index (χ3v) is 2.07. The van der Waals surface area contributed by atoms with Gasteiger partial charge < -0.3 is 0 Å². The minimum Gasteiger partial charge on any atom is -0.300 e. The molecule has 0 atom stereocenters. The zero-order valence-corrected chi connectivity index (χ0v) is 11.5. The predicted octanol–water partition coefficient (Wildman–Crippen LogP) is 2.33. The van der Waals surface area contributed by atoms with Crippen LogP contribution in [0, 0.1) is 0 Å². The molecule has 1 heterocycles. The fourth-order valence-electron chi connectivity index (χ4n) is 1.48. The molecular weight excluding hydrogens is 200 g/mol. The summed E-state index contributed by atoms with van der Waals surface area (Å²) in [5.41, 5.74) is 4.63. The van der Waals surface area contributed by atoms with Crippen molar-refractivity contribution in [3.8, 4) is 0 Å². The fraction of sp³-hybridized carbons (Fsp3) is 0.750. The highest BCUT2D eigenvalue weighted by molar-refractivity contribution is 5.43. The highest BCUT2D eigenvalue weighted by atomic mass is 15.6. The van der Waals surface area contributed by atoms with Crippen LogP contribution in [0.1, 0.15) is 41.5 Å². The second-order valence-corrected chi connectivity index (χ2v) is 6.24. The molecule has 0 saturated carbocycles. The molecule has 0 aliphatic rings. The molecule has 1 aromatic rings. The third kappa shape index (κ3) is 3.52. The van der Waals surface area contributed by atoms with Crippen LogP contribution in [0.5, 0.6) is 0 Å². The topological polar surface area (TPSA) is 33.1 Å². The van der Waals surface area contributed by atoms with Gasteiger partial charge in [0.2, 0.25) is 0 Å². The normalized spacial score (nSPS) is 12.9. The number of aromatic nitrogens is 2. The zero-order valence-electron chi connectivity index (χ0n) is 11.5. The number of anilines is 1. The Balaban J connectivity index is 2.98. The lowest BCUT2D eigenvalue weighted by Crippen LogP contribution is -2.57. The van der Waals surface area contributed by atoms with Crippen molar-refractivity contribution >= 4 is 5.69 Å². The van der Waals surface area contributed by atoms with Gasteiger partial charge in [-0.15, -0.1) is 0 Å². The molecule has 0 aliphatic carbocycles. The molecule has 0 aromatic carbocycles. The molecular formula is C12H24N4. The Hall–Kier alpha value is -1.03. The van der Waals surface area contributed by atoms with Crippen LogP contribution in [-0.4, -0.2) is 20.9 Å². The lowest BCUT2D eigenvalue weighted by Gasteiger charge is -2.41. The Labute approximate surface area is 98.6 Å². The van der Waals surface area contributed by atoms with E-state index in [9.17, 15) is 0 Å². The Morgan fingerprint density at radius 3 is 2.06 bits per heavy atom. The molecule has 0 amide bonds. The zero-order chi connectivity index (χ0) is 12.6. The number of hydrogen-bond acceptors (Lipinski definition) is 3. The second kappa shape index (κ2) is 4.09. The van der Waals surface area contributed by atoms with E-state index in [2.05, 4.69) is 57.1 Å². The SMILES string of the molecule is Cn1cc(N(NC(C)(C)C)C(C)(C)C)cn1. The quantitative estimate of drug-likeness (QED) is 0.783. The average Bonchev–Trinajstić information content (AvgIpc) is 2.43. The first-order valence-corrected chi connectivity index (χ1v) is 5.66. The van der Waals surface area contributed by atoms with Crippen LogP contribution < -0.4 is 10.4 Å². The smallest absolute Gasteiger partial charge is 0.0905 e. The van der Waals surface area contributed by atoms with Gasteiger partial charge in [0.05, 0.1) is 11.9 Å². The number of hydrogen-bond donors (Lipinski definition) is 1. The Kier molecular flexibility index (Phi) is 3.33. The van der Waals surface area contributed by atoms with Crippen molar-refractivity contribution in [1.29, 1.82) is 0 Å². The minimum atomic E-state index is 0.0102. The maximum Gasteiger partial charge on any atom is 0.0905 e. The predicted molar refractivity (Wildman–Crippen MR) is 68.3 cm³/mol. The van der Waals surface area contributed by atoms with Crippen LogP contribution in [0.25, 0.3) is 0 Å². The lowest BCUT2D eigenvalue weighted by atomic mass is 10.1. The van der Waals surface area contributed by atoms with E-state index >= 15 is 0 Å². The number of nitrogens with zero attached hydrogens (tertiary/aromatic N) is 3. The van der Waals surface area contributed by atoms with E-state index in [0.717, 1.165) is 5.69 Å². The minimum absolute atomic E-state index is 0.0102. The highest BCUT2D eigenvalue weighted by Crippen LogP contribution is 2.22. The van der Waals surface area contributed by atoms with Crippen LogP contribution in [0.4, 0.5) is 5.69 Å². The Morgan fingerprint density at radius 2 is 1.75 bits per heavy atom. The van der Waals surface area contributed by atoms with Crippen molar-refractivity contribution < 1.29 is 0 Å². The van der Waals surface area contributed by atoms with Crippen LogP contribution in [0.3, 0.4) is 0 Å². The van der Waals surface area contributed by atoms with E-state index in [1.165, 1.54) is 0 Å². The lowest BCUT2D eigenvalue weighted by molar-refractivity contribution is 0.338. The first-order chi connectivity index (χ1) is 7.09. The Morgan fingerprint density at radius 1 is 1.19 bits per heavy atom. The van der Waals surface area contributed by atoms with Gasteiger partial charge in [0.15, 0.2) is 0 Å². The van der Waals surface area contributed by atoms with Gasteiger partial charge >= 0.3 is 0 Å². The molecule has 1 rings (SSSR count). The summed E-state index contributed by atoms with van der Waals surface area (Å²) in [5.74, 6) is 0. The van der Waals surface area contributed by atoms with Gasteiger partial charge in [0, 0.05) is 24.3 Å². The Bertz CT molecular complexity index is 341. The van der Waals surface area contributed by atoms with E-state index in [4.69, 9.17) is 0 Å². The molecule has 4 heteroatoms. The van der Waals surface area contributed by atoms with E-state index in [1.807, 2.05) is 24.1 Å². The molecule has 0 aliphatic heterocycles. The summed E-state index contributed by atoms with van der Waals surface area (Å²) in [6.07, 6.45) is 3.90. The molecule has 4 nitrogen and oxygen atoms in total. The van der Waals surface area contributed by atoms with Crippen molar-refractivity contribution in [1.82, 2.24) is 15.2 Å². The summed E-state index contributed by atoms with van der Waals surface area (Å²) in [6.45, 7) is 13.0. The van der Waals surface area contributed by atoms with Gasteiger partial charge in [-0.25, -0.2) is 5.43 Å². The summed E-state index contributed by atoms with van der Waals surface area (Å²) in [4.78, 5) is 0. The van der Waals surface area contributed by atoms with Gasteiger partial charge in [-0.05, 0) is 41.5 Å². The van der Waals surface area contributed by atoms with Crippen molar-refractivity contribution in [3.05, 3.63) is 12.4 Å². The van der Waals surface area contributed by atoms with E-state index in [1.54, 1.807) is 0 Å². The average molecular weight is 224 g/mol. The first-order valence-electron chi connectivity index (χ1n) is 5.66. The fourth-order valence-corrected chi connectivity index (χ4v) is 1.48. The van der Waals surface area contributed by atoms with E-state index < -0.39 is 0 Å². The summed E-state index contributed by atoms with van der Waals surface area (Å²) in [5, 5.41) is 6.38. The summed E-state index contributed by atoms with van der Waals surface area (Å²) in [6, 6.07) is 0. The second-order valence-electron chi connectivity index (χ2n) is 6.24. The molecule has 0 fully saturated rings. The monoisotopic (exact) mass is 224 g/mol. The van der Waals surface area contributed by atoms with Gasteiger partial charge in [-0.1, -0.05) is 0 Å². The molecule has 0 bridgehead atoms. The molecule has 0 radical (unpaired) electrons. The van der Waals surface area contributed by atoms with Gasteiger partial charge in [0.1, 0.15) is 0 Å². The van der Waals surface area contributed by atoms with Crippen molar-refractivity contribution in [2.24, 2.45) is 7.05 Å². The largest absolute Gasteiger partial charge is 0.300 e. The van der Waals surface area contributed by atoms with Crippen LogP contribution in [-0.2, 0) is 7.05 Å². The molecule has 0 spiro atoms. The highest BCUT2D eigenvalue weighted by Gasteiger charge is 2.26. The standard InChI is InChI=1S/C12H24N4/c1-11(2,3)14-16(12(4,5)6)10-8-13-15(7)9-10/h8-9,14H,1-7H3. The third-order valence-electron chi connectivity index (χ3n) is 2.07. The van der Waals surface area contributed by atoms with Crippen LogP contribution in [0.2, 0.25) is 0 Å². The summed E-state index contributed by atoms with van der Waals surface area (Å²) >= 11 is 0. The molecule has 92 valence electrons.